The SMILES string of the molecule is CC1CCC(CNCc2ccsc2)C1. The molecule has 1 fully saturated rings. The second-order valence-electron chi connectivity index (χ2n) is 4.55. The van der Waals surface area contributed by atoms with Crippen molar-refractivity contribution in [3.8, 4) is 0 Å². The third-order valence-electron chi connectivity index (χ3n) is 3.15. The van der Waals surface area contributed by atoms with Gasteiger partial charge >= 0.3 is 0 Å². The molecule has 2 heteroatoms. The number of hydrogen-bond acceptors (Lipinski definition) is 2. The molecule has 0 amide bonds. The summed E-state index contributed by atoms with van der Waals surface area (Å²) in [5, 5.41) is 7.93. The number of nitrogens with one attached hydrogen (secondary N) is 1. The topological polar surface area (TPSA) is 12.0 Å². The van der Waals surface area contributed by atoms with Gasteiger partial charge in [0.15, 0.2) is 0 Å². The Bertz CT molecular complexity index is 255. The predicted octanol–water partition coefficient (Wildman–Crippen LogP) is 3.27. The molecule has 0 saturated heterocycles. The van der Waals surface area contributed by atoms with Crippen LogP contribution in [0.2, 0.25) is 0 Å². The van der Waals surface area contributed by atoms with Crippen molar-refractivity contribution in [2.45, 2.75) is 32.7 Å². The average molecular weight is 209 g/mol. The smallest absolute Gasteiger partial charge is 0.0213 e. The van der Waals surface area contributed by atoms with Gasteiger partial charge < -0.3 is 5.32 Å². The summed E-state index contributed by atoms with van der Waals surface area (Å²) >= 11 is 1.78. The molecule has 14 heavy (non-hydrogen) atoms. The highest BCUT2D eigenvalue weighted by molar-refractivity contribution is 7.07. The van der Waals surface area contributed by atoms with Crippen LogP contribution in [0.15, 0.2) is 16.8 Å². The summed E-state index contributed by atoms with van der Waals surface area (Å²) in [7, 11) is 0. The van der Waals surface area contributed by atoms with E-state index in [1.54, 1.807) is 11.3 Å². The molecule has 1 saturated carbocycles. The highest BCUT2D eigenvalue weighted by Gasteiger charge is 2.20. The van der Waals surface area contributed by atoms with Crippen molar-refractivity contribution in [2.24, 2.45) is 11.8 Å². The molecule has 0 aliphatic heterocycles. The van der Waals surface area contributed by atoms with Crippen molar-refractivity contribution in [3.05, 3.63) is 22.4 Å². The first-order chi connectivity index (χ1) is 6.84. The number of thiophene rings is 1. The normalized spacial score (nSPS) is 26.9. The Morgan fingerprint density at radius 2 is 2.43 bits per heavy atom. The Kier molecular flexibility index (Phi) is 3.60. The first-order valence-corrected chi connectivity index (χ1v) is 6.50. The lowest BCUT2D eigenvalue weighted by atomic mass is 10.1. The maximum Gasteiger partial charge on any atom is 0.0213 e. The van der Waals surface area contributed by atoms with Gasteiger partial charge in [-0.3, -0.25) is 0 Å². The number of hydrogen-bond donors (Lipinski definition) is 1. The van der Waals surface area contributed by atoms with Crippen LogP contribution in [0.3, 0.4) is 0 Å². The number of rotatable bonds is 4. The summed E-state index contributed by atoms with van der Waals surface area (Å²) < 4.78 is 0. The molecule has 1 aromatic heterocycles. The van der Waals surface area contributed by atoms with Gasteiger partial charge in [0, 0.05) is 6.54 Å². The summed E-state index contributed by atoms with van der Waals surface area (Å²) in [6.07, 6.45) is 4.29. The van der Waals surface area contributed by atoms with E-state index in [4.69, 9.17) is 0 Å². The van der Waals surface area contributed by atoms with Crippen LogP contribution in [0.5, 0.6) is 0 Å². The largest absolute Gasteiger partial charge is 0.312 e. The Morgan fingerprint density at radius 3 is 3.07 bits per heavy atom. The Balaban J connectivity index is 1.64. The van der Waals surface area contributed by atoms with Crippen LogP contribution in [-0.2, 0) is 6.54 Å². The standard InChI is InChI=1S/C12H19NS/c1-10-2-3-11(6-10)7-13-8-12-4-5-14-9-12/h4-5,9-11,13H,2-3,6-8H2,1H3. The monoisotopic (exact) mass is 209 g/mol. The van der Waals surface area contributed by atoms with Crippen LogP contribution < -0.4 is 5.32 Å². The van der Waals surface area contributed by atoms with Gasteiger partial charge in [-0.25, -0.2) is 0 Å². The Labute approximate surface area is 90.5 Å². The van der Waals surface area contributed by atoms with Gasteiger partial charge in [-0.15, -0.1) is 0 Å². The molecule has 0 bridgehead atoms. The van der Waals surface area contributed by atoms with E-state index in [1.165, 1.54) is 31.4 Å². The van der Waals surface area contributed by atoms with Crippen LogP contribution in [0.1, 0.15) is 31.7 Å². The lowest BCUT2D eigenvalue weighted by Crippen LogP contribution is -2.20. The average Bonchev–Trinajstić information content (AvgIpc) is 2.77. The summed E-state index contributed by atoms with van der Waals surface area (Å²) in [6, 6.07) is 2.20. The molecule has 0 radical (unpaired) electrons. The quantitative estimate of drug-likeness (QED) is 0.802. The molecule has 78 valence electrons. The molecule has 1 heterocycles. The van der Waals surface area contributed by atoms with E-state index >= 15 is 0 Å². The van der Waals surface area contributed by atoms with E-state index in [0.29, 0.717) is 0 Å². The maximum absolute atomic E-state index is 3.56. The van der Waals surface area contributed by atoms with Crippen LogP contribution in [0.4, 0.5) is 0 Å². The second-order valence-corrected chi connectivity index (χ2v) is 5.33. The molecule has 0 aromatic carbocycles. The molecule has 1 aromatic rings. The van der Waals surface area contributed by atoms with Crippen molar-refractivity contribution in [3.63, 3.8) is 0 Å². The van der Waals surface area contributed by atoms with Crippen LogP contribution >= 0.6 is 11.3 Å². The van der Waals surface area contributed by atoms with E-state index in [0.717, 1.165) is 18.4 Å². The molecular formula is C12H19NS. The van der Waals surface area contributed by atoms with Crippen molar-refractivity contribution in [1.82, 2.24) is 5.32 Å². The predicted molar refractivity (Wildman–Crippen MR) is 62.5 cm³/mol. The van der Waals surface area contributed by atoms with E-state index in [1.807, 2.05) is 0 Å². The van der Waals surface area contributed by atoms with Gasteiger partial charge in [-0.2, -0.15) is 11.3 Å². The zero-order valence-corrected chi connectivity index (χ0v) is 9.65. The van der Waals surface area contributed by atoms with Crippen molar-refractivity contribution in [1.29, 1.82) is 0 Å². The van der Waals surface area contributed by atoms with Gasteiger partial charge in [-0.1, -0.05) is 13.3 Å². The van der Waals surface area contributed by atoms with Crippen molar-refractivity contribution < 1.29 is 0 Å². The molecule has 1 N–H and O–H groups in total. The fourth-order valence-electron chi connectivity index (χ4n) is 2.32. The summed E-state index contributed by atoms with van der Waals surface area (Å²) in [5.41, 5.74) is 1.43. The zero-order valence-electron chi connectivity index (χ0n) is 8.83. The van der Waals surface area contributed by atoms with Crippen LogP contribution in [-0.4, -0.2) is 6.54 Å². The summed E-state index contributed by atoms with van der Waals surface area (Å²) in [5.74, 6) is 1.89. The first kappa shape index (κ1) is 10.2. The van der Waals surface area contributed by atoms with E-state index in [9.17, 15) is 0 Å². The van der Waals surface area contributed by atoms with E-state index < -0.39 is 0 Å². The molecule has 2 unspecified atom stereocenters. The van der Waals surface area contributed by atoms with Gasteiger partial charge in [0.2, 0.25) is 0 Å². The lowest BCUT2D eigenvalue weighted by molar-refractivity contribution is 0.471. The fourth-order valence-corrected chi connectivity index (χ4v) is 2.99. The van der Waals surface area contributed by atoms with Gasteiger partial charge in [0.05, 0.1) is 0 Å². The lowest BCUT2D eigenvalue weighted by Gasteiger charge is -2.10. The Hall–Kier alpha value is -0.340. The molecular weight excluding hydrogens is 190 g/mol. The van der Waals surface area contributed by atoms with Crippen molar-refractivity contribution >= 4 is 11.3 Å². The van der Waals surface area contributed by atoms with Gasteiger partial charge in [0.25, 0.3) is 0 Å². The molecule has 0 spiro atoms. The molecule has 1 aliphatic rings. The van der Waals surface area contributed by atoms with Crippen LogP contribution in [0, 0.1) is 11.8 Å². The second kappa shape index (κ2) is 4.94. The van der Waals surface area contributed by atoms with E-state index in [-0.39, 0.29) is 0 Å². The summed E-state index contributed by atoms with van der Waals surface area (Å²) in [6.45, 7) is 4.63. The molecule has 2 rings (SSSR count). The first-order valence-electron chi connectivity index (χ1n) is 5.56. The van der Waals surface area contributed by atoms with E-state index in [2.05, 4.69) is 29.1 Å². The molecule has 1 nitrogen and oxygen atoms in total. The Morgan fingerprint density at radius 1 is 1.50 bits per heavy atom. The highest BCUT2D eigenvalue weighted by Crippen LogP contribution is 2.29. The third kappa shape index (κ3) is 2.82. The minimum atomic E-state index is 0.934. The highest BCUT2D eigenvalue weighted by atomic mass is 32.1. The maximum atomic E-state index is 3.56. The fraction of sp³-hybridized carbons (Fsp3) is 0.667. The van der Waals surface area contributed by atoms with Crippen LogP contribution in [0.25, 0.3) is 0 Å². The summed E-state index contributed by atoms with van der Waals surface area (Å²) in [4.78, 5) is 0. The third-order valence-corrected chi connectivity index (χ3v) is 3.88. The molecule has 2 atom stereocenters. The molecule has 1 aliphatic carbocycles. The van der Waals surface area contributed by atoms with Crippen molar-refractivity contribution in [2.75, 3.05) is 6.54 Å². The zero-order chi connectivity index (χ0) is 9.80. The van der Waals surface area contributed by atoms with Gasteiger partial charge in [0.1, 0.15) is 0 Å². The minimum Gasteiger partial charge on any atom is -0.312 e. The van der Waals surface area contributed by atoms with Gasteiger partial charge in [-0.05, 0) is 53.6 Å². The minimum absolute atomic E-state index is 0.934.